The lowest BCUT2D eigenvalue weighted by atomic mass is 10.1. The van der Waals surface area contributed by atoms with Crippen molar-refractivity contribution >= 4 is 17.9 Å². The van der Waals surface area contributed by atoms with E-state index in [0.717, 1.165) is 30.4 Å². The molecule has 3 amide bonds. The molecule has 1 heterocycles. The second-order valence-electron chi connectivity index (χ2n) is 10.3. The summed E-state index contributed by atoms with van der Waals surface area (Å²) in [6.07, 6.45) is 2.32. The van der Waals surface area contributed by atoms with Gasteiger partial charge in [-0.1, -0.05) is 24.0 Å². The van der Waals surface area contributed by atoms with Crippen molar-refractivity contribution in [1.82, 2.24) is 15.1 Å². The standard InChI is InChI=1S/C30H36FN3O4/c1-30(2,3)38-29(37)34-20-18-33(19-21-34)28(36)25-15-13-23(14-16-25)10-7-17-32-27(35)12-5-4-8-24-9-6-11-26(31)22-24/h6,9,11,13-16,22H,4-5,8,12,17-21H2,1-3H3,(H,32,35). The molecule has 0 atom stereocenters. The Morgan fingerprint density at radius 3 is 2.32 bits per heavy atom. The first kappa shape index (κ1) is 28.7. The van der Waals surface area contributed by atoms with Crippen LogP contribution in [0.25, 0.3) is 0 Å². The summed E-state index contributed by atoms with van der Waals surface area (Å²) < 4.78 is 18.6. The monoisotopic (exact) mass is 521 g/mol. The van der Waals surface area contributed by atoms with Gasteiger partial charge in [-0.05, 0) is 82.0 Å². The van der Waals surface area contributed by atoms with Gasteiger partial charge in [0.1, 0.15) is 11.4 Å². The highest BCUT2D eigenvalue weighted by Gasteiger charge is 2.28. The summed E-state index contributed by atoms with van der Waals surface area (Å²) >= 11 is 0. The number of hydrogen-bond acceptors (Lipinski definition) is 4. The van der Waals surface area contributed by atoms with E-state index in [-0.39, 0.29) is 30.3 Å². The molecule has 0 aliphatic carbocycles. The van der Waals surface area contributed by atoms with Crippen LogP contribution in [0.4, 0.5) is 9.18 Å². The van der Waals surface area contributed by atoms with Gasteiger partial charge < -0.3 is 19.9 Å². The lowest BCUT2D eigenvalue weighted by Gasteiger charge is -2.35. The number of carbonyl (C=O) groups is 3. The van der Waals surface area contributed by atoms with Gasteiger partial charge in [-0.25, -0.2) is 9.18 Å². The molecule has 1 aliphatic rings. The second kappa shape index (κ2) is 13.6. The van der Waals surface area contributed by atoms with Crippen molar-refractivity contribution in [2.75, 3.05) is 32.7 Å². The van der Waals surface area contributed by atoms with Crippen molar-refractivity contribution in [2.45, 2.75) is 52.1 Å². The van der Waals surface area contributed by atoms with E-state index in [9.17, 15) is 18.8 Å². The largest absolute Gasteiger partial charge is 0.444 e. The summed E-state index contributed by atoms with van der Waals surface area (Å²) in [5.41, 5.74) is 1.70. The number of nitrogens with one attached hydrogen (secondary N) is 1. The number of ether oxygens (including phenoxy) is 1. The molecule has 2 aromatic rings. The molecular weight excluding hydrogens is 485 g/mol. The molecule has 1 aliphatic heterocycles. The van der Waals surface area contributed by atoms with Crippen LogP contribution in [0.3, 0.4) is 0 Å². The Hall–Kier alpha value is -3.86. The molecule has 0 bridgehead atoms. The van der Waals surface area contributed by atoms with Gasteiger partial charge in [-0.2, -0.15) is 0 Å². The smallest absolute Gasteiger partial charge is 0.410 e. The molecule has 0 aromatic heterocycles. The zero-order chi connectivity index (χ0) is 27.5. The normalized spacial score (nSPS) is 13.4. The molecule has 38 heavy (non-hydrogen) atoms. The van der Waals surface area contributed by atoms with E-state index < -0.39 is 5.60 Å². The van der Waals surface area contributed by atoms with Gasteiger partial charge in [-0.3, -0.25) is 9.59 Å². The van der Waals surface area contributed by atoms with Gasteiger partial charge in [0.15, 0.2) is 0 Å². The Labute approximate surface area is 224 Å². The molecule has 2 aromatic carbocycles. The predicted molar refractivity (Wildman–Crippen MR) is 144 cm³/mol. The van der Waals surface area contributed by atoms with Crippen LogP contribution < -0.4 is 5.32 Å². The van der Waals surface area contributed by atoms with Crippen LogP contribution >= 0.6 is 0 Å². The molecule has 3 rings (SSSR count). The van der Waals surface area contributed by atoms with Crippen LogP contribution in [-0.2, 0) is 16.0 Å². The number of amides is 3. The number of carbonyl (C=O) groups excluding carboxylic acids is 3. The number of rotatable bonds is 7. The highest BCUT2D eigenvalue weighted by atomic mass is 19.1. The summed E-state index contributed by atoms with van der Waals surface area (Å²) in [5.74, 6) is 5.53. The van der Waals surface area contributed by atoms with Crippen LogP contribution in [0, 0.1) is 17.7 Å². The first-order valence-corrected chi connectivity index (χ1v) is 13.0. The molecule has 8 heteroatoms. The maximum atomic E-state index is 13.2. The quantitative estimate of drug-likeness (QED) is 0.433. The van der Waals surface area contributed by atoms with E-state index in [0.29, 0.717) is 38.2 Å². The van der Waals surface area contributed by atoms with E-state index >= 15 is 0 Å². The number of nitrogens with zero attached hydrogens (tertiary/aromatic N) is 2. The van der Waals surface area contributed by atoms with Crippen molar-refractivity contribution in [3.05, 3.63) is 71.0 Å². The molecule has 1 fully saturated rings. The molecule has 1 N–H and O–H groups in total. The number of aryl methyl sites for hydroxylation is 1. The Kier molecular flexibility index (Phi) is 10.3. The maximum absolute atomic E-state index is 13.2. The zero-order valence-electron chi connectivity index (χ0n) is 22.4. The molecule has 0 saturated carbocycles. The highest BCUT2D eigenvalue weighted by molar-refractivity contribution is 5.94. The fraction of sp³-hybridized carbons (Fsp3) is 0.433. The van der Waals surface area contributed by atoms with Crippen LogP contribution in [-0.4, -0.2) is 66.0 Å². The summed E-state index contributed by atoms with van der Waals surface area (Å²) in [5, 5.41) is 2.79. The van der Waals surface area contributed by atoms with Crippen molar-refractivity contribution < 1.29 is 23.5 Å². The third-order valence-corrected chi connectivity index (χ3v) is 5.97. The average molecular weight is 522 g/mol. The molecule has 7 nitrogen and oxygen atoms in total. The number of piperazine rings is 1. The fourth-order valence-corrected chi connectivity index (χ4v) is 3.98. The van der Waals surface area contributed by atoms with E-state index in [1.165, 1.54) is 12.1 Å². The number of benzene rings is 2. The summed E-state index contributed by atoms with van der Waals surface area (Å²) in [4.78, 5) is 40.4. The fourth-order valence-electron chi connectivity index (χ4n) is 3.98. The van der Waals surface area contributed by atoms with Crippen molar-refractivity contribution in [2.24, 2.45) is 0 Å². The van der Waals surface area contributed by atoms with Crippen molar-refractivity contribution in [3.63, 3.8) is 0 Å². The summed E-state index contributed by atoms with van der Waals surface area (Å²) in [6, 6.07) is 13.6. The van der Waals surface area contributed by atoms with Gasteiger partial charge >= 0.3 is 6.09 Å². The van der Waals surface area contributed by atoms with Gasteiger partial charge in [0, 0.05) is 43.7 Å². The number of unbranched alkanes of at least 4 members (excludes halogenated alkanes) is 1. The van der Waals surface area contributed by atoms with Gasteiger partial charge in [0.25, 0.3) is 5.91 Å². The minimum atomic E-state index is -0.549. The number of hydrogen-bond donors (Lipinski definition) is 1. The Morgan fingerprint density at radius 1 is 0.974 bits per heavy atom. The third kappa shape index (κ3) is 9.55. The second-order valence-corrected chi connectivity index (χ2v) is 10.3. The molecule has 0 spiro atoms. The molecule has 0 unspecified atom stereocenters. The van der Waals surface area contributed by atoms with Crippen LogP contribution in [0.2, 0.25) is 0 Å². The van der Waals surface area contributed by atoms with E-state index in [4.69, 9.17) is 4.74 Å². The van der Waals surface area contributed by atoms with Gasteiger partial charge in [0.05, 0.1) is 6.54 Å². The van der Waals surface area contributed by atoms with Crippen molar-refractivity contribution in [3.8, 4) is 11.8 Å². The van der Waals surface area contributed by atoms with Crippen molar-refractivity contribution in [1.29, 1.82) is 0 Å². The first-order valence-electron chi connectivity index (χ1n) is 13.0. The van der Waals surface area contributed by atoms with Gasteiger partial charge in [-0.15, -0.1) is 0 Å². The molecule has 202 valence electrons. The van der Waals surface area contributed by atoms with E-state index in [2.05, 4.69) is 17.2 Å². The maximum Gasteiger partial charge on any atom is 0.410 e. The van der Waals surface area contributed by atoms with Crippen LogP contribution in [0.1, 0.15) is 61.5 Å². The molecule has 1 saturated heterocycles. The minimum Gasteiger partial charge on any atom is -0.444 e. The predicted octanol–water partition coefficient (Wildman–Crippen LogP) is 4.40. The summed E-state index contributed by atoms with van der Waals surface area (Å²) in [7, 11) is 0. The molecule has 0 radical (unpaired) electrons. The Bertz CT molecular complexity index is 1170. The lowest BCUT2D eigenvalue weighted by molar-refractivity contribution is -0.120. The summed E-state index contributed by atoms with van der Waals surface area (Å²) in [6.45, 7) is 7.49. The lowest BCUT2D eigenvalue weighted by Crippen LogP contribution is -2.51. The SMILES string of the molecule is CC(C)(C)OC(=O)N1CCN(C(=O)c2ccc(C#CCNC(=O)CCCCc3cccc(F)c3)cc2)CC1. The molecular formula is C30H36FN3O4. The highest BCUT2D eigenvalue weighted by Crippen LogP contribution is 2.14. The number of halogens is 1. The average Bonchev–Trinajstić information content (AvgIpc) is 2.88. The third-order valence-electron chi connectivity index (χ3n) is 5.97. The van der Waals surface area contributed by atoms with E-state index in [1.54, 1.807) is 40.1 Å². The first-order chi connectivity index (χ1) is 18.1. The minimum absolute atomic E-state index is 0.0637. The van der Waals surface area contributed by atoms with E-state index in [1.807, 2.05) is 26.8 Å². The van der Waals surface area contributed by atoms with Crippen LogP contribution in [0.15, 0.2) is 48.5 Å². The Balaban J connectivity index is 1.35. The zero-order valence-corrected chi connectivity index (χ0v) is 22.4. The van der Waals surface area contributed by atoms with Crippen LogP contribution in [0.5, 0.6) is 0 Å². The Morgan fingerprint density at radius 2 is 1.66 bits per heavy atom. The van der Waals surface area contributed by atoms with Gasteiger partial charge in [0.2, 0.25) is 5.91 Å². The topological polar surface area (TPSA) is 79.0 Å².